The maximum absolute atomic E-state index is 13.5. The summed E-state index contributed by atoms with van der Waals surface area (Å²) in [6.45, 7) is 3.54. The Morgan fingerprint density at radius 2 is 1.75 bits per heavy atom. The molecule has 0 aromatic heterocycles. The topological polar surface area (TPSA) is 138 Å². The van der Waals surface area contributed by atoms with E-state index in [1.807, 2.05) is 6.92 Å². The van der Waals surface area contributed by atoms with Crippen molar-refractivity contribution >= 4 is 33.3 Å². The molecule has 0 spiro atoms. The summed E-state index contributed by atoms with van der Waals surface area (Å²) in [6.07, 6.45) is -0.750. The molecular formula is C31H37FN4O7S. The van der Waals surface area contributed by atoms with E-state index in [1.165, 1.54) is 54.9 Å². The van der Waals surface area contributed by atoms with Crippen molar-refractivity contribution in [3.63, 3.8) is 0 Å². The van der Waals surface area contributed by atoms with Crippen molar-refractivity contribution in [3.05, 3.63) is 78.1 Å². The number of aliphatic hydroxyl groups excluding tert-OH is 1. The number of halogens is 1. The van der Waals surface area contributed by atoms with Gasteiger partial charge in [0.1, 0.15) is 23.4 Å². The van der Waals surface area contributed by atoms with Gasteiger partial charge >= 0.3 is 6.03 Å². The molecule has 1 heterocycles. The Bertz CT molecular complexity index is 1570. The minimum Gasteiger partial charge on any atom is -0.497 e. The normalized spacial score (nSPS) is 17.9. The van der Waals surface area contributed by atoms with Crippen LogP contribution in [0.4, 0.5) is 20.6 Å². The van der Waals surface area contributed by atoms with Gasteiger partial charge in [0.2, 0.25) is 15.9 Å². The summed E-state index contributed by atoms with van der Waals surface area (Å²) < 4.78 is 52.8. The monoisotopic (exact) mass is 628 g/mol. The quantitative estimate of drug-likeness (QED) is 0.326. The number of hydrogen-bond donors (Lipinski definition) is 3. The van der Waals surface area contributed by atoms with Crippen LogP contribution in [0.25, 0.3) is 0 Å². The number of benzene rings is 3. The van der Waals surface area contributed by atoms with Crippen molar-refractivity contribution in [2.24, 2.45) is 5.92 Å². The number of carbonyl (C=O) groups is 2. The molecule has 3 aromatic rings. The van der Waals surface area contributed by atoms with E-state index in [4.69, 9.17) is 9.47 Å². The lowest BCUT2D eigenvalue weighted by atomic mass is 10.0. The Labute approximate surface area is 256 Å². The predicted molar refractivity (Wildman–Crippen MR) is 164 cm³/mol. The zero-order chi connectivity index (χ0) is 32.0. The first kappa shape index (κ1) is 32.7. The number of nitrogens with zero attached hydrogens (tertiary/aromatic N) is 2. The van der Waals surface area contributed by atoms with Gasteiger partial charge in [-0.2, -0.15) is 4.31 Å². The fourth-order valence-corrected chi connectivity index (χ4v) is 6.01. The first-order valence-corrected chi connectivity index (χ1v) is 15.5. The summed E-state index contributed by atoms with van der Waals surface area (Å²) in [5.41, 5.74) is 1.25. The Morgan fingerprint density at radius 1 is 1.11 bits per heavy atom. The van der Waals surface area contributed by atoms with Gasteiger partial charge in [0, 0.05) is 36.4 Å². The van der Waals surface area contributed by atoms with Crippen LogP contribution in [0, 0.1) is 11.7 Å². The van der Waals surface area contributed by atoms with E-state index in [2.05, 4.69) is 10.6 Å². The molecule has 11 nitrogen and oxygen atoms in total. The van der Waals surface area contributed by atoms with E-state index in [0.717, 1.165) is 0 Å². The summed E-state index contributed by atoms with van der Waals surface area (Å²) >= 11 is 0. The van der Waals surface area contributed by atoms with Crippen LogP contribution in [0.5, 0.6) is 11.5 Å². The predicted octanol–water partition coefficient (Wildman–Crippen LogP) is 3.95. The lowest BCUT2D eigenvalue weighted by molar-refractivity contribution is -0.134. The molecule has 1 aliphatic heterocycles. The largest absolute Gasteiger partial charge is 0.497 e. The molecule has 3 N–H and O–H groups in total. The molecule has 3 aromatic carbocycles. The van der Waals surface area contributed by atoms with Crippen LogP contribution in [-0.4, -0.2) is 80.7 Å². The second-order valence-corrected chi connectivity index (χ2v) is 12.8. The van der Waals surface area contributed by atoms with E-state index in [1.54, 1.807) is 42.2 Å². The molecule has 0 fully saturated rings. The Hall–Kier alpha value is -4.20. The van der Waals surface area contributed by atoms with Crippen molar-refractivity contribution < 1.29 is 37.0 Å². The van der Waals surface area contributed by atoms with Crippen molar-refractivity contribution in [2.45, 2.75) is 37.3 Å². The number of anilines is 2. The number of urea groups is 1. The fourth-order valence-electron chi connectivity index (χ4n) is 4.83. The molecule has 3 amide bonds. The van der Waals surface area contributed by atoms with E-state index in [9.17, 15) is 27.5 Å². The summed E-state index contributed by atoms with van der Waals surface area (Å²) in [6, 6.07) is 15.2. The third kappa shape index (κ3) is 7.84. The van der Waals surface area contributed by atoms with Crippen LogP contribution in [0.2, 0.25) is 0 Å². The molecule has 0 saturated heterocycles. The van der Waals surface area contributed by atoms with Crippen LogP contribution in [-0.2, 0) is 21.2 Å². The van der Waals surface area contributed by atoms with Gasteiger partial charge in [0.15, 0.2) is 0 Å². The highest BCUT2D eigenvalue weighted by atomic mass is 32.2. The van der Waals surface area contributed by atoms with Crippen LogP contribution in [0.3, 0.4) is 0 Å². The van der Waals surface area contributed by atoms with Crippen LogP contribution < -0.4 is 20.1 Å². The third-order valence-corrected chi connectivity index (χ3v) is 9.32. The second-order valence-electron chi connectivity index (χ2n) is 10.8. The number of fused-ring (bicyclic) bond motifs is 1. The van der Waals surface area contributed by atoms with Gasteiger partial charge in [-0.1, -0.05) is 6.92 Å². The Morgan fingerprint density at radius 3 is 2.39 bits per heavy atom. The van der Waals surface area contributed by atoms with Gasteiger partial charge in [0.25, 0.3) is 0 Å². The average molecular weight is 629 g/mol. The molecule has 0 aliphatic carbocycles. The van der Waals surface area contributed by atoms with Gasteiger partial charge < -0.3 is 30.1 Å². The van der Waals surface area contributed by atoms with Gasteiger partial charge in [-0.05, 0) is 73.7 Å². The molecule has 13 heteroatoms. The van der Waals surface area contributed by atoms with E-state index < -0.39 is 34.0 Å². The fraction of sp³-hybridized carbons (Fsp3) is 0.355. The summed E-state index contributed by atoms with van der Waals surface area (Å²) in [5, 5.41) is 15.2. The molecule has 3 atom stereocenters. The molecule has 44 heavy (non-hydrogen) atoms. The van der Waals surface area contributed by atoms with Crippen molar-refractivity contribution in [1.29, 1.82) is 0 Å². The number of likely N-dealkylation sites (N-methyl/N-ethyl adjacent to an activating group) is 1. The molecule has 0 saturated carbocycles. The summed E-state index contributed by atoms with van der Waals surface area (Å²) in [5.74, 6) is -0.114. The van der Waals surface area contributed by atoms with Crippen molar-refractivity contribution in [2.75, 3.05) is 44.5 Å². The molecule has 236 valence electrons. The average Bonchev–Trinajstić information content (AvgIpc) is 3.05. The maximum atomic E-state index is 13.5. The number of sulfonamides is 1. The third-order valence-electron chi connectivity index (χ3n) is 7.48. The maximum Gasteiger partial charge on any atom is 0.323 e. The molecule has 0 radical (unpaired) electrons. The van der Waals surface area contributed by atoms with Crippen LogP contribution >= 0.6 is 0 Å². The molecule has 1 aliphatic rings. The lowest BCUT2D eigenvalue weighted by Gasteiger charge is -2.33. The van der Waals surface area contributed by atoms with Crippen molar-refractivity contribution in [3.8, 4) is 11.5 Å². The smallest absolute Gasteiger partial charge is 0.323 e. The number of ether oxygens (including phenoxy) is 2. The minimum absolute atomic E-state index is 0.0232. The Kier molecular flexibility index (Phi) is 10.4. The van der Waals surface area contributed by atoms with Crippen LogP contribution in [0.1, 0.15) is 19.4 Å². The zero-order valence-electron chi connectivity index (χ0n) is 25.0. The van der Waals surface area contributed by atoms with E-state index >= 15 is 0 Å². The standard InChI is InChI=1S/C31H37FN4O7S/c1-20-17-36(21(2)19-37)30(38)16-22-15-25(34-31(39)33-24-7-5-23(32)6-8-24)9-14-28(22)43-29(20)18-35(3)44(40,41)27-12-10-26(42-4)11-13-27/h5-15,20-21,29,37H,16-19H2,1-4H3,(H2,33,34,39)/t20-,21-,29-/m1/s1. The summed E-state index contributed by atoms with van der Waals surface area (Å²) in [7, 11) is -0.922. The molecule has 0 bridgehead atoms. The lowest BCUT2D eigenvalue weighted by Crippen LogP contribution is -2.48. The number of nitrogens with one attached hydrogen (secondary N) is 2. The highest BCUT2D eigenvalue weighted by molar-refractivity contribution is 7.89. The van der Waals surface area contributed by atoms with Gasteiger partial charge in [-0.15, -0.1) is 0 Å². The number of amides is 3. The van der Waals surface area contributed by atoms with Crippen molar-refractivity contribution in [1.82, 2.24) is 9.21 Å². The summed E-state index contributed by atoms with van der Waals surface area (Å²) in [4.78, 5) is 27.7. The van der Waals surface area contributed by atoms with E-state index in [-0.39, 0.29) is 42.8 Å². The number of carbonyl (C=O) groups excluding carboxylic acids is 2. The Balaban J connectivity index is 1.60. The number of aliphatic hydroxyl groups is 1. The first-order chi connectivity index (χ1) is 20.9. The highest BCUT2D eigenvalue weighted by Crippen LogP contribution is 2.30. The van der Waals surface area contributed by atoms with Gasteiger partial charge in [-0.25, -0.2) is 17.6 Å². The number of hydrogen-bond acceptors (Lipinski definition) is 7. The van der Waals surface area contributed by atoms with Gasteiger partial charge in [-0.3, -0.25) is 4.79 Å². The second kappa shape index (κ2) is 14.1. The zero-order valence-corrected chi connectivity index (χ0v) is 25.8. The van der Waals surface area contributed by atoms with Crippen LogP contribution in [0.15, 0.2) is 71.6 Å². The van der Waals surface area contributed by atoms with Gasteiger partial charge in [0.05, 0.1) is 37.6 Å². The SMILES string of the molecule is COc1ccc(S(=O)(=O)N(C)C[C@H]2Oc3ccc(NC(=O)Nc4ccc(F)cc4)cc3CC(=O)N([C@H](C)CO)C[C@H]2C)cc1. The van der Waals surface area contributed by atoms with E-state index in [0.29, 0.717) is 28.4 Å². The number of methoxy groups -OCH3 is 1. The molecular weight excluding hydrogens is 591 g/mol. The molecule has 4 rings (SSSR count). The first-order valence-electron chi connectivity index (χ1n) is 14.0. The molecule has 0 unspecified atom stereocenters. The minimum atomic E-state index is -3.89. The number of rotatable bonds is 9. The highest BCUT2D eigenvalue weighted by Gasteiger charge is 2.33.